The maximum Gasteiger partial charge on any atom is 0.171 e. The summed E-state index contributed by atoms with van der Waals surface area (Å²) in [5, 5.41) is 12.0. The third kappa shape index (κ3) is 3.49. The minimum absolute atomic E-state index is 0.0399. The molecule has 0 aliphatic carbocycles. The van der Waals surface area contributed by atoms with Gasteiger partial charge < -0.3 is 15.7 Å². The van der Waals surface area contributed by atoms with Crippen molar-refractivity contribution in [2.24, 2.45) is 10.9 Å². The monoisotopic (exact) mass is 368 g/mol. The van der Waals surface area contributed by atoms with Crippen molar-refractivity contribution in [1.29, 1.82) is 0 Å². The van der Waals surface area contributed by atoms with Gasteiger partial charge in [-0.05, 0) is 49.2 Å². The van der Waals surface area contributed by atoms with Crippen molar-refractivity contribution in [3.8, 4) is 11.5 Å². The number of oxime groups is 1. The third-order valence-corrected chi connectivity index (χ3v) is 4.53. The van der Waals surface area contributed by atoms with Crippen molar-refractivity contribution >= 4 is 33.4 Å². The molecule has 0 atom stereocenters. The lowest BCUT2D eigenvalue weighted by molar-refractivity contribution is 0.318. The fourth-order valence-corrected chi connectivity index (χ4v) is 2.42. The van der Waals surface area contributed by atoms with Gasteiger partial charge in [-0.25, -0.2) is 0 Å². The lowest BCUT2D eigenvalue weighted by atomic mass is 10.1. The van der Waals surface area contributed by atoms with Crippen molar-refractivity contribution in [2.75, 3.05) is 0 Å². The van der Waals surface area contributed by atoms with Gasteiger partial charge in [-0.3, -0.25) is 0 Å². The second-order valence-electron chi connectivity index (χ2n) is 4.60. The van der Waals surface area contributed by atoms with E-state index in [0.717, 1.165) is 21.3 Å². The van der Waals surface area contributed by atoms with E-state index in [0.29, 0.717) is 16.3 Å². The Bertz CT molecular complexity index is 694. The van der Waals surface area contributed by atoms with Crippen LogP contribution in [0.3, 0.4) is 0 Å². The van der Waals surface area contributed by atoms with Crippen LogP contribution in [-0.2, 0) is 0 Å². The molecule has 0 aliphatic heterocycles. The summed E-state index contributed by atoms with van der Waals surface area (Å²) in [6.07, 6.45) is 0. The SMILES string of the molecule is Cc1cc(Oc2ccc(/C(N)=N/O)c(Cl)c2)cc(C)c1Br. The highest BCUT2D eigenvalue weighted by Gasteiger charge is 2.09. The molecular formula is C15H14BrClN2O2. The molecule has 21 heavy (non-hydrogen) atoms. The maximum atomic E-state index is 8.67. The lowest BCUT2D eigenvalue weighted by Gasteiger charge is -2.11. The molecule has 0 amide bonds. The molecule has 4 nitrogen and oxygen atoms in total. The van der Waals surface area contributed by atoms with Crippen LogP contribution in [0, 0.1) is 13.8 Å². The first-order valence-corrected chi connectivity index (χ1v) is 7.31. The highest BCUT2D eigenvalue weighted by atomic mass is 79.9. The smallest absolute Gasteiger partial charge is 0.171 e. The highest BCUT2D eigenvalue weighted by molar-refractivity contribution is 9.10. The Morgan fingerprint density at radius 3 is 2.33 bits per heavy atom. The number of ether oxygens (including phenoxy) is 1. The molecule has 2 rings (SSSR count). The van der Waals surface area contributed by atoms with Crippen molar-refractivity contribution in [3.63, 3.8) is 0 Å². The molecule has 0 saturated carbocycles. The molecule has 0 unspecified atom stereocenters. The van der Waals surface area contributed by atoms with Crippen LogP contribution in [0.2, 0.25) is 5.02 Å². The maximum absolute atomic E-state index is 8.67. The zero-order valence-corrected chi connectivity index (χ0v) is 13.9. The topological polar surface area (TPSA) is 67.8 Å². The average Bonchev–Trinajstić information content (AvgIpc) is 2.44. The van der Waals surface area contributed by atoms with Crippen LogP contribution in [0.1, 0.15) is 16.7 Å². The molecule has 110 valence electrons. The lowest BCUT2D eigenvalue weighted by Crippen LogP contribution is -2.13. The van der Waals surface area contributed by atoms with E-state index in [2.05, 4.69) is 21.1 Å². The van der Waals surface area contributed by atoms with E-state index in [1.54, 1.807) is 18.2 Å². The van der Waals surface area contributed by atoms with Crippen molar-refractivity contribution in [3.05, 3.63) is 56.5 Å². The van der Waals surface area contributed by atoms with E-state index < -0.39 is 0 Å². The average molecular weight is 370 g/mol. The van der Waals surface area contributed by atoms with Crippen LogP contribution in [0.25, 0.3) is 0 Å². The van der Waals surface area contributed by atoms with Crippen LogP contribution in [0.15, 0.2) is 40.0 Å². The molecule has 0 fully saturated rings. The Morgan fingerprint density at radius 2 is 1.81 bits per heavy atom. The molecule has 0 radical (unpaired) electrons. The summed E-state index contributed by atoms with van der Waals surface area (Å²) in [5.74, 6) is 1.26. The van der Waals surface area contributed by atoms with Gasteiger partial charge in [0.15, 0.2) is 5.84 Å². The van der Waals surface area contributed by atoms with E-state index in [4.69, 9.17) is 27.3 Å². The molecule has 0 heterocycles. The summed E-state index contributed by atoms with van der Waals surface area (Å²) in [6.45, 7) is 4.00. The Balaban J connectivity index is 2.31. The Kier molecular flexibility index (Phi) is 4.75. The summed E-state index contributed by atoms with van der Waals surface area (Å²) in [7, 11) is 0. The minimum atomic E-state index is -0.0399. The van der Waals surface area contributed by atoms with Gasteiger partial charge in [0, 0.05) is 16.1 Å². The fourth-order valence-electron chi connectivity index (χ4n) is 1.92. The van der Waals surface area contributed by atoms with Gasteiger partial charge >= 0.3 is 0 Å². The Hall–Kier alpha value is -1.72. The van der Waals surface area contributed by atoms with Crippen LogP contribution < -0.4 is 10.5 Å². The van der Waals surface area contributed by atoms with Gasteiger partial charge in [-0.2, -0.15) is 0 Å². The molecule has 0 saturated heterocycles. The number of halogens is 2. The van der Waals surface area contributed by atoms with Gasteiger partial charge in [0.05, 0.1) is 5.02 Å². The van der Waals surface area contributed by atoms with Gasteiger partial charge in [0.2, 0.25) is 0 Å². The summed E-state index contributed by atoms with van der Waals surface area (Å²) in [6, 6.07) is 8.85. The second kappa shape index (κ2) is 6.37. The first-order valence-electron chi connectivity index (χ1n) is 6.14. The summed E-state index contributed by atoms with van der Waals surface area (Å²) in [4.78, 5) is 0. The molecule has 6 heteroatoms. The Morgan fingerprint density at radius 1 is 1.19 bits per heavy atom. The van der Waals surface area contributed by atoms with Gasteiger partial charge in [-0.1, -0.05) is 32.7 Å². The Labute approximate surface area is 136 Å². The second-order valence-corrected chi connectivity index (χ2v) is 5.80. The van der Waals surface area contributed by atoms with Gasteiger partial charge in [-0.15, -0.1) is 0 Å². The van der Waals surface area contributed by atoms with E-state index in [1.807, 2.05) is 26.0 Å². The zero-order valence-electron chi connectivity index (χ0n) is 11.5. The van der Waals surface area contributed by atoms with E-state index in [9.17, 15) is 0 Å². The first kappa shape index (κ1) is 15.7. The van der Waals surface area contributed by atoms with E-state index >= 15 is 0 Å². The molecule has 0 aromatic heterocycles. The van der Waals surface area contributed by atoms with Gasteiger partial charge in [0.25, 0.3) is 0 Å². The highest BCUT2D eigenvalue weighted by Crippen LogP contribution is 2.31. The number of nitrogens with two attached hydrogens (primary N) is 1. The predicted molar refractivity (Wildman–Crippen MR) is 87.7 cm³/mol. The number of aryl methyl sites for hydroxylation is 2. The van der Waals surface area contributed by atoms with Crippen molar-refractivity contribution in [1.82, 2.24) is 0 Å². The minimum Gasteiger partial charge on any atom is -0.457 e. The number of amidine groups is 1. The zero-order chi connectivity index (χ0) is 15.6. The van der Waals surface area contributed by atoms with E-state index in [-0.39, 0.29) is 5.84 Å². The molecule has 0 bridgehead atoms. The molecule has 0 spiro atoms. The quantitative estimate of drug-likeness (QED) is 0.359. The molecule has 2 aromatic rings. The molecular weight excluding hydrogens is 356 g/mol. The van der Waals surface area contributed by atoms with Crippen LogP contribution >= 0.6 is 27.5 Å². The standard InChI is InChI=1S/C15H14BrClN2O2/c1-8-5-11(6-9(2)14(8)16)21-10-3-4-12(13(17)7-10)15(18)19-20/h3-7,20H,1-2H3,(H2,18,19). The number of rotatable bonds is 3. The number of nitrogens with zero attached hydrogens (tertiary/aromatic N) is 1. The molecule has 0 aliphatic rings. The number of hydrogen-bond donors (Lipinski definition) is 2. The largest absolute Gasteiger partial charge is 0.457 e. The van der Waals surface area contributed by atoms with Crippen LogP contribution in [0.5, 0.6) is 11.5 Å². The fraction of sp³-hybridized carbons (Fsp3) is 0.133. The van der Waals surface area contributed by atoms with Crippen molar-refractivity contribution in [2.45, 2.75) is 13.8 Å². The third-order valence-electron chi connectivity index (χ3n) is 2.97. The summed E-state index contributed by atoms with van der Waals surface area (Å²) in [5.41, 5.74) is 8.15. The van der Waals surface area contributed by atoms with E-state index in [1.165, 1.54) is 0 Å². The van der Waals surface area contributed by atoms with Crippen molar-refractivity contribution < 1.29 is 9.94 Å². The van der Waals surface area contributed by atoms with Gasteiger partial charge in [0.1, 0.15) is 11.5 Å². The predicted octanol–water partition coefficient (Wildman–Crippen LogP) is 4.61. The first-order chi connectivity index (χ1) is 9.92. The summed E-state index contributed by atoms with van der Waals surface area (Å²) >= 11 is 9.61. The normalized spacial score (nSPS) is 11.5. The summed E-state index contributed by atoms with van der Waals surface area (Å²) < 4.78 is 6.86. The molecule has 2 aromatic carbocycles. The number of hydrogen-bond acceptors (Lipinski definition) is 3. The van der Waals surface area contributed by atoms with Crippen LogP contribution in [-0.4, -0.2) is 11.0 Å². The molecule has 3 N–H and O–H groups in total. The number of benzene rings is 2. The van der Waals surface area contributed by atoms with Crippen LogP contribution in [0.4, 0.5) is 0 Å².